The number of nitrogens with two attached hydrogens (primary N) is 1. The minimum Gasteiger partial charge on any atom is -0.497 e. The first-order valence-electron chi connectivity index (χ1n) is 8.10. The van der Waals surface area contributed by atoms with Gasteiger partial charge in [-0.3, -0.25) is 4.79 Å². The fourth-order valence-corrected chi connectivity index (χ4v) is 3.49. The molecule has 5 nitrogen and oxygen atoms in total. The summed E-state index contributed by atoms with van der Waals surface area (Å²) in [5.41, 5.74) is 7.09. The number of piperazine rings is 1. The van der Waals surface area contributed by atoms with Crippen molar-refractivity contribution >= 4 is 11.6 Å². The molecule has 1 saturated carbocycles. The van der Waals surface area contributed by atoms with Crippen LogP contribution in [0.25, 0.3) is 0 Å². The third kappa shape index (κ3) is 3.19. The van der Waals surface area contributed by atoms with E-state index in [0.717, 1.165) is 56.9 Å². The predicted molar refractivity (Wildman–Crippen MR) is 87.1 cm³/mol. The molecule has 1 saturated heterocycles. The number of anilines is 1. The Morgan fingerprint density at radius 1 is 1.23 bits per heavy atom. The van der Waals surface area contributed by atoms with Gasteiger partial charge in [0, 0.05) is 49.9 Å². The Hall–Kier alpha value is -1.75. The van der Waals surface area contributed by atoms with Gasteiger partial charge in [0.05, 0.1) is 7.11 Å². The first-order valence-corrected chi connectivity index (χ1v) is 8.10. The van der Waals surface area contributed by atoms with Crippen LogP contribution < -0.4 is 15.4 Å². The van der Waals surface area contributed by atoms with Crippen molar-refractivity contribution in [1.82, 2.24) is 4.90 Å². The zero-order chi connectivity index (χ0) is 15.5. The van der Waals surface area contributed by atoms with Crippen LogP contribution in [0.4, 0.5) is 5.69 Å². The zero-order valence-electron chi connectivity index (χ0n) is 13.2. The van der Waals surface area contributed by atoms with Gasteiger partial charge in [0.1, 0.15) is 5.75 Å². The first-order chi connectivity index (χ1) is 10.7. The maximum atomic E-state index is 12.5. The van der Waals surface area contributed by atoms with Crippen molar-refractivity contribution in [3.05, 3.63) is 24.3 Å². The van der Waals surface area contributed by atoms with Crippen LogP contribution in [0.15, 0.2) is 24.3 Å². The second-order valence-corrected chi connectivity index (χ2v) is 6.28. The molecule has 1 aromatic rings. The summed E-state index contributed by atoms with van der Waals surface area (Å²) in [7, 11) is 1.68. The molecule has 5 heteroatoms. The van der Waals surface area contributed by atoms with Crippen LogP contribution in [-0.4, -0.2) is 50.1 Å². The van der Waals surface area contributed by atoms with Crippen molar-refractivity contribution in [1.29, 1.82) is 0 Å². The average Bonchev–Trinajstić information content (AvgIpc) is 3.01. The number of nitrogens with zero attached hydrogens (tertiary/aromatic N) is 2. The van der Waals surface area contributed by atoms with Gasteiger partial charge in [-0.15, -0.1) is 0 Å². The summed E-state index contributed by atoms with van der Waals surface area (Å²) in [4.78, 5) is 16.8. The van der Waals surface area contributed by atoms with E-state index in [1.165, 1.54) is 0 Å². The number of carbonyl (C=O) groups is 1. The fraction of sp³-hybridized carbons (Fsp3) is 0.588. The van der Waals surface area contributed by atoms with Gasteiger partial charge < -0.3 is 20.3 Å². The molecule has 0 radical (unpaired) electrons. The molecule has 2 fully saturated rings. The van der Waals surface area contributed by atoms with E-state index in [4.69, 9.17) is 10.5 Å². The predicted octanol–water partition coefficient (Wildman–Crippen LogP) is 1.47. The lowest BCUT2D eigenvalue weighted by atomic mass is 10.1. The lowest BCUT2D eigenvalue weighted by Gasteiger charge is -2.37. The van der Waals surface area contributed by atoms with E-state index >= 15 is 0 Å². The van der Waals surface area contributed by atoms with Crippen LogP contribution in [-0.2, 0) is 4.79 Å². The number of benzene rings is 1. The summed E-state index contributed by atoms with van der Waals surface area (Å²) < 4.78 is 5.28. The molecular formula is C17H25N3O2. The average molecular weight is 303 g/mol. The van der Waals surface area contributed by atoms with Crippen molar-refractivity contribution in [3.8, 4) is 5.75 Å². The fourth-order valence-electron chi connectivity index (χ4n) is 3.49. The normalized spacial score (nSPS) is 25.4. The van der Waals surface area contributed by atoms with E-state index in [2.05, 4.69) is 11.0 Å². The molecule has 1 heterocycles. The quantitative estimate of drug-likeness (QED) is 0.919. The molecule has 2 atom stereocenters. The largest absolute Gasteiger partial charge is 0.497 e. The van der Waals surface area contributed by atoms with Crippen LogP contribution in [0.2, 0.25) is 0 Å². The molecule has 0 bridgehead atoms. The van der Waals surface area contributed by atoms with E-state index in [1.807, 2.05) is 23.1 Å². The number of amides is 1. The molecule has 0 spiro atoms. The van der Waals surface area contributed by atoms with Gasteiger partial charge in [0.2, 0.25) is 5.91 Å². The van der Waals surface area contributed by atoms with E-state index in [-0.39, 0.29) is 12.0 Å². The Labute approximate surface area is 132 Å². The highest BCUT2D eigenvalue weighted by Crippen LogP contribution is 2.27. The van der Waals surface area contributed by atoms with Crippen LogP contribution in [0.1, 0.15) is 19.3 Å². The highest BCUT2D eigenvalue weighted by molar-refractivity contribution is 5.79. The molecular weight excluding hydrogens is 278 g/mol. The van der Waals surface area contributed by atoms with E-state index in [0.29, 0.717) is 5.91 Å². The van der Waals surface area contributed by atoms with Crippen molar-refractivity contribution in [3.63, 3.8) is 0 Å². The molecule has 1 aliphatic heterocycles. The van der Waals surface area contributed by atoms with Gasteiger partial charge in [-0.25, -0.2) is 0 Å². The number of methoxy groups -OCH3 is 1. The molecule has 2 aliphatic rings. The van der Waals surface area contributed by atoms with Crippen LogP contribution in [0.5, 0.6) is 5.75 Å². The SMILES string of the molecule is COc1cccc(N2CCN(C(=O)[C@@H]3CC[C@@H](N)C3)CC2)c1. The number of carbonyl (C=O) groups excluding carboxylic acids is 1. The molecule has 2 N–H and O–H groups in total. The molecule has 120 valence electrons. The van der Waals surface area contributed by atoms with Gasteiger partial charge in [-0.1, -0.05) is 6.07 Å². The number of hydrogen-bond acceptors (Lipinski definition) is 4. The van der Waals surface area contributed by atoms with Crippen LogP contribution in [0, 0.1) is 5.92 Å². The molecule has 0 unspecified atom stereocenters. The standard InChI is InChI=1S/C17H25N3O2/c1-22-16-4-2-3-15(12-16)19-7-9-20(10-8-19)17(21)13-5-6-14(18)11-13/h2-4,12-14H,5-11,18H2,1H3/t13-,14-/m1/s1. The highest BCUT2D eigenvalue weighted by atomic mass is 16.5. The summed E-state index contributed by atoms with van der Waals surface area (Å²) in [6.45, 7) is 3.33. The Morgan fingerprint density at radius 3 is 2.64 bits per heavy atom. The molecule has 1 aliphatic carbocycles. The van der Waals surface area contributed by atoms with Gasteiger partial charge in [0.15, 0.2) is 0 Å². The molecule has 0 aromatic heterocycles. The van der Waals surface area contributed by atoms with Gasteiger partial charge in [0.25, 0.3) is 0 Å². The van der Waals surface area contributed by atoms with Crippen LogP contribution in [0.3, 0.4) is 0 Å². The Balaban J connectivity index is 1.56. The molecule has 22 heavy (non-hydrogen) atoms. The minimum absolute atomic E-state index is 0.151. The van der Waals surface area contributed by atoms with E-state index in [9.17, 15) is 4.79 Å². The third-order valence-corrected chi connectivity index (χ3v) is 4.83. The summed E-state index contributed by atoms with van der Waals surface area (Å²) in [5, 5.41) is 0. The van der Waals surface area contributed by atoms with Crippen molar-refractivity contribution in [2.45, 2.75) is 25.3 Å². The second-order valence-electron chi connectivity index (χ2n) is 6.28. The van der Waals surface area contributed by atoms with Gasteiger partial charge >= 0.3 is 0 Å². The molecule has 3 rings (SSSR count). The number of ether oxygens (including phenoxy) is 1. The lowest BCUT2D eigenvalue weighted by molar-refractivity contribution is -0.135. The second kappa shape index (κ2) is 6.57. The van der Waals surface area contributed by atoms with E-state index < -0.39 is 0 Å². The summed E-state index contributed by atoms with van der Waals surface area (Å²) in [5.74, 6) is 1.33. The monoisotopic (exact) mass is 303 g/mol. The third-order valence-electron chi connectivity index (χ3n) is 4.83. The maximum Gasteiger partial charge on any atom is 0.225 e. The zero-order valence-corrected chi connectivity index (χ0v) is 13.2. The van der Waals surface area contributed by atoms with Crippen molar-refractivity contribution < 1.29 is 9.53 Å². The number of hydrogen-bond donors (Lipinski definition) is 1. The minimum atomic E-state index is 0.151. The Bertz CT molecular complexity index is 526. The maximum absolute atomic E-state index is 12.5. The lowest BCUT2D eigenvalue weighted by Crippen LogP contribution is -2.50. The van der Waals surface area contributed by atoms with E-state index in [1.54, 1.807) is 7.11 Å². The summed E-state index contributed by atoms with van der Waals surface area (Å²) in [6.07, 6.45) is 2.80. The van der Waals surface area contributed by atoms with Crippen LogP contribution >= 0.6 is 0 Å². The van der Waals surface area contributed by atoms with Gasteiger partial charge in [-0.05, 0) is 31.4 Å². The first kappa shape index (κ1) is 15.2. The molecule has 1 amide bonds. The summed E-state index contributed by atoms with van der Waals surface area (Å²) in [6, 6.07) is 8.31. The Kier molecular flexibility index (Phi) is 4.52. The van der Waals surface area contributed by atoms with Gasteiger partial charge in [-0.2, -0.15) is 0 Å². The topological polar surface area (TPSA) is 58.8 Å². The highest BCUT2D eigenvalue weighted by Gasteiger charge is 2.32. The van der Waals surface area contributed by atoms with Crippen molar-refractivity contribution in [2.75, 3.05) is 38.2 Å². The smallest absolute Gasteiger partial charge is 0.225 e. The van der Waals surface area contributed by atoms with Crippen molar-refractivity contribution in [2.24, 2.45) is 11.7 Å². The Morgan fingerprint density at radius 2 is 2.00 bits per heavy atom. The molecule has 1 aromatic carbocycles. The summed E-state index contributed by atoms with van der Waals surface area (Å²) >= 11 is 0. The number of rotatable bonds is 3.